The van der Waals surface area contributed by atoms with Crippen molar-refractivity contribution in [3.63, 3.8) is 0 Å². The van der Waals surface area contributed by atoms with Crippen LogP contribution in [0, 0.1) is 11.8 Å². The minimum Gasteiger partial charge on any atom is -0.481 e. The van der Waals surface area contributed by atoms with Crippen LogP contribution in [0.25, 0.3) is 0 Å². The minimum absolute atomic E-state index is 0.0677. The van der Waals surface area contributed by atoms with Gasteiger partial charge < -0.3 is 10.0 Å². The van der Waals surface area contributed by atoms with E-state index in [1.54, 1.807) is 6.07 Å². The smallest absolute Gasteiger partial charge is 0.435 e. The molecule has 1 saturated carbocycles. The Morgan fingerprint density at radius 1 is 0.818 bits per heavy atom. The lowest BCUT2D eigenvalue weighted by Crippen LogP contribution is -2.50. The highest BCUT2D eigenvalue weighted by atomic mass is 32.2. The van der Waals surface area contributed by atoms with Crippen molar-refractivity contribution in [3.8, 4) is 0 Å². The van der Waals surface area contributed by atoms with Crippen molar-refractivity contribution < 1.29 is 53.8 Å². The number of carboxylic acid groups (broad SMARTS) is 1. The lowest BCUT2D eigenvalue weighted by molar-refractivity contribution is -0.348. The number of aryl methyl sites for hydroxylation is 2. The topological polar surface area (TPSA) is 91.8 Å². The van der Waals surface area contributed by atoms with Crippen LogP contribution in [-0.2, 0) is 42.7 Å². The molecule has 0 bridgehead atoms. The van der Waals surface area contributed by atoms with Crippen LogP contribution >= 0.6 is 0 Å². The average Bonchev–Trinajstić information content (AvgIpc) is 3.63. The predicted molar refractivity (Wildman–Crippen MR) is 143 cm³/mol. The number of sulfone groups is 1. The molecule has 240 valence electrons. The normalized spacial score (nSPS) is 24.8. The van der Waals surface area contributed by atoms with Gasteiger partial charge in [-0.05, 0) is 80.2 Å². The molecule has 1 atom stereocenters. The van der Waals surface area contributed by atoms with E-state index >= 15 is 0 Å². The van der Waals surface area contributed by atoms with Crippen LogP contribution in [0.4, 0.5) is 30.7 Å². The summed E-state index contributed by atoms with van der Waals surface area (Å²) in [7, 11) is -4.41. The maximum absolute atomic E-state index is 14.8. The summed E-state index contributed by atoms with van der Waals surface area (Å²) in [5.41, 5.74) is -5.81. The summed E-state index contributed by atoms with van der Waals surface area (Å²) in [5, 5.41) is 9.27. The fourth-order valence-corrected chi connectivity index (χ4v) is 8.99. The van der Waals surface area contributed by atoms with E-state index in [4.69, 9.17) is 0 Å². The van der Waals surface area contributed by atoms with Gasteiger partial charge in [-0.25, -0.2) is 12.8 Å². The first kappa shape index (κ1) is 32.2. The third-order valence-electron chi connectivity index (χ3n) is 9.45. The van der Waals surface area contributed by atoms with Gasteiger partial charge in [0, 0.05) is 24.6 Å². The van der Waals surface area contributed by atoms with Crippen molar-refractivity contribution in [3.05, 3.63) is 64.7 Å². The second-order valence-corrected chi connectivity index (χ2v) is 14.2. The third kappa shape index (κ3) is 5.16. The van der Waals surface area contributed by atoms with Crippen LogP contribution in [0.2, 0.25) is 0 Å². The molecule has 0 spiro atoms. The second kappa shape index (κ2) is 11.0. The zero-order valence-corrected chi connectivity index (χ0v) is 24.2. The highest BCUT2D eigenvalue weighted by molar-refractivity contribution is 7.92. The number of hydrogen-bond acceptors (Lipinski definition) is 4. The summed E-state index contributed by atoms with van der Waals surface area (Å²) >= 11 is 0. The molecule has 1 N–H and O–H groups in total. The number of nitrogens with zero attached hydrogens (tertiary/aromatic N) is 1. The largest absolute Gasteiger partial charge is 0.481 e. The molecule has 44 heavy (non-hydrogen) atoms. The zero-order chi connectivity index (χ0) is 32.3. The minimum atomic E-state index is -6.34. The van der Waals surface area contributed by atoms with E-state index in [0.717, 1.165) is 36.1 Å². The Kier molecular flexibility index (Phi) is 8.08. The maximum atomic E-state index is 14.8. The van der Waals surface area contributed by atoms with E-state index < -0.39 is 68.4 Å². The van der Waals surface area contributed by atoms with Crippen LogP contribution in [0.3, 0.4) is 0 Å². The number of amides is 1. The number of benzene rings is 2. The van der Waals surface area contributed by atoms with Gasteiger partial charge >= 0.3 is 24.0 Å². The highest BCUT2D eigenvalue weighted by Gasteiger charge is 2.73. The van der Waals surface area contributed by atoms with Gasteiger partial charge in [0.2, 0.25) is 5.91 Å². The monoisotopic (exact) mass is 649 g/mol. The van der Waals surface area contributed by atoms with Crippen molar-refractivity contribution in [2.75, 3.05) is 13.1 Å². The first-order valence-corrected chi connectivity index (χ1v) is 15.7. The summed E-state index contributed by atoms with van der Waals surface area (Å²) in [4.78, 5) is 26.1. The number of carbonyl (C=O) groups excluding carboxylic acids is 1. The number of carboxylic acids is 1. The number of aliphatic carboxylic acids is 1. The molecule has 0 radical (unpaired) electrons. The van der Waals surface area contributed by atoms with E-state index in [0.29, 0.717) is 18.6 Å². The Bertz CT molecular complexity index is 1530. The van der Waals surface area contributed by atoms with E-state index in [-0.39, 0.29) is 49.1 Å². The van der Waals surface area contributed by atoms with Crippen LogP contribution in [0.15, 0.2) is 47.4 Å². The number of fused-ring (bicyclic) bond motifs is 1. The highest BCUT2D eigenvalue weighted by Crippen LogP contribution is 2.54. The van der Waals surface area contributed by atoms with Crippen molar-refractivity contribution >= 4 is 21.7 Å². The Labute approximate surface area is 249 Å². The third-order valence-corrected chi connectivity index (χ3v) is 11.9. The van der Waals surface area contributed by atoms with Gasteiger partial charge in [-0.15, -0.1) is 0 Å². The lowest BCUT2D eigenvalue weighted by atomic mass is 9.81. The van der Waals surface area contributed by atoms with Crippen LogP contribution in [0.5, 0.6) is 0 Å². The molecule has 1 saturated heterocycles. The fraction of sp³-hybridized carbons (Fsp3) is 0.533. The van der Waals surface area contributed by atoms with Gasteiger partial charge in [0.1, 0.15) is 4.75 Å². The van der Waals surface area contributed by atoms with Gasteiger partial charge in [-0.1, -0.05) is 30.3 Å². The zero-order valence-electron chi connectivity index (χ0n) is 23.3. The molecular weight excluding hydrogens is 619 g/mol. The summed E-state index contributed by atoms with van der Waals surface area (Å²) < 4.78 is 122. The molecule has 6 nitrogen and oxygen atoms in total. The van der Waals surface area contributed by atoms with Gasteiger partial charge in [0.25, 0.3) is 0 Å². The maximum Gasteiger partial charge on any atom is 0.435 e. The molecule has 2 aromatic carbocycles. The molecule has 3 aliphatic rings. The molecule has 1 unspecified atom stereocenters. The first-order chi connectivity index (χ1) is 20.4. The first-order valence-electron chi connectivity index (χ1n) is 14.2. The Morgan fingerprint density at radius 2 is 1.39 bits per heavy atom. The summed E-state index contributed by atoms with van der Waals surface area (Å²) in [6.07, 6.45) is -9.57. The van der Waals surface area contributed by atoms with E-state index in [2.05, 4.69) is 0 Å². The number of rotatable bonds is 6. The van der Waals surface area contributed by atoms with Gasteiger partial charge in [0.15, 0.2) is 9.84 Å². The summed E-state index contributed by atoms with van der Waals surface area (Å²) in [5.74, 6) is -2.51. The molecule has 1 amide bonds. The van der Waals surface area contributed by atoms with Crippen molar-refractivity contribution in [2.24, 2.45) is 11.8 Å². The van der Waals surface area contributed by atoms with Crippen molar-refractivity contribution in [1.82, 2.24) is 4.90 Å². The number of alkyl halides is 7. The molecule has 1 aliphatic heterocycles. The SMILES string of the molecule is O=C(O)C1CCC(C(=O)N2CCC(c3ccc(C(F)(C(F)(F)F)C(F)(F)F)cc3)(S(=O)(=O)c3ccc4c(c3)CCC4)C2)CC1. The van der Waals surface area contributed by atoms with E-state index in [1.807, 2.05) is 0 Å². The van der Waals surface area contributed by atoms with E-state index in [9.17, 15) is 53.8 Å². The molecule has 2 aromatic rings. The van der Waals surface area contributed by atoms with Crippen molar-refractivity contribution in [1.29, 1.82) is 0 Å². The molecule has 5 rings (SSSR count). The second-order valence-electron chi connectivity index (χ2n) is 11.9. The van der Waals surface area contributed by atoms with Gasteiger partial charge in [-0.3, -0.25) is 9.59 Å². The molecule has 14 heteroatoms. The number of hydrogen-bond donors (Lipinski definition) is 1. The quantitative estimate of drug-likeness (QED) is 0.374. The molecule has 0 aromatic heterocycles. The molecular formula is C30H30F7NO5S. The summed E-state index contributed by atoms with van der Waals surface area (Å²) in [6.45, 7) is -0.496. The fourth-order valence-electron chi connectivity index (χ4n) is 6.86. The standard InChI is InChI=1S/C30H30F7NO5S/c31-28(29(32,33)34,30(35,36)37)23-11-9-22(10-12-23)27(44(42,43)24-13-8-18-2-1-3-21(18)16-24)14-15-38(17-27)25(39)19-4-6-20(7-5-19)26(40)41/h8-13,16,19-20H,1-7,14-15,17H2,(H,40,41). The van der Waals surface area contributed by atoms with Crippen molar-refractivity contribution in [2.45, 2.75) is 79.0 Å². The molecule has 2 aliphatic carbocycles. The summed E-state index contributed by atoms with van der Waals surface area (Å²) in [6, 6.07) is 6.73. The number of likely N-dealkylation sites (tertiary alicyclic amines) is 1. The van der Waals surface area contributed by atoms with Crippen LogP contribution < -0.4 is 0 Å². The van der Waals surface area contributed by atoms with Gasteiger partial charge in [0.05, 0.1) is 10.8 Å². The Morgan fingerprint density at radius 3 is 1.95 bits per heavy atom. The van der Waals surface area contributed by atoms with Crippen LogP contribution in [0.1, 0.15) is 60.8 Å². The predicted octanol–water partition coefficient (Wildman–Crippen LogP) is 6.26. The Balaban J connectivity index is 1.54. The average molecular weight is 650 g/mol. The number of halogens is 7. The van der Waals surface area contributed by atoms with E-state index in [1.165, 1.54) is 17.0 Å². The number of carbonyl (C=O) groups is 2. The van der Waals surface area contributed by atoms with Gasteiger partial charge in [-0.2, -0.15) is 26.3 Å². The van der Waals surface area contributed by atoms with Crippen LogP contribution in [-0.4, -0.2) is 55.7 Å². The lowest BCUT2D eigenvalue weighted by Gasteiger charge is -2.33. The Hall–Kier alpha value is -3.16. The molecule has 2 fully saturated rings. The molecule has 1 heterocycles.